The minimum atomic E-state index is -1.15. The lowest BCUT2D eigenvalue weighted by molar-refractivity contribution is -0.144. The van der Waals surface area contributed by atoms with Crippen LogP contribution in [-0.4, -0.2) is 58.1 Å². The molecule has 8 nitrogen and oxygen atoms in total. The Balaban J connectivity index is 1.49. The molecule has 3 aliphatic rings. The maximum Gasteiger partial charge on any atom is 0.250 e. The first kappa shape index (κ1) is 27.6. The highest BCUT2D eigenvalue weighted by Crippen LogP contribution is 2.59. The molecule has 1 spiro atoms. The van der Waals surface area contributed by atoms with E-state index < -0.39 is 41.5 Å². The molecule has 0 saturated carbocycles. The molecule has 2 bridgehead atoms. The summed E-state index contributed by atoms with van der Waals surface area (Å²) in [6.07, 6.45) is 1.11. The lowest BCUT2D eigenvalue weighted by atomic mass is 9.70. The Morgan fingerprint density at radius 1 is 1.15 bits per heavy atom. The topological polar surface area (TPSA) is 108 Å². The summed E-state index contributed by atoms with van der Waals surface area (Å²) < 4.78 is 6.50. The van der Waals surface area contributed by atoms with Gasteiger partial charge in [-0.2, -0.15) is 0 Å². The van der Waals surface area contributed by atoms with Crippen LogP contribution in [0.2, 0.25) is 5.02 Å². The summed E-state index contributed by atoms with van der Waals surface area (Å²) in [6.45, 7) is 5.90. The second-order valence-corrected chi connectivity index (χ2v) is 11.8. The van der Waals surface area contributed by atoms with Crippen LogP contribution in [0.3, 0.4) is 0 Å². The zero-order chi connectivity index (χ0) is 27.9. The number of carbonyl (C=O) groups excluding carboxylic acids is 3. The van der Waals surface area contributed by atoms with Crippen LogP contribution < -0.4 is 10.6 Å². The highest BCUT2D eigenvalue weighted by molar-refractivity contribution is 6.34. The van der Waals surface area contributed by atoms with E-state index in [1.165, 1.54) is 4.90 Å². The number of nitrogens with one attached hydrogen (secondary N) is 2. The molecule has 5 rings (SSSR count). The van der Waals surface area contributed by atoms with Gasteiger partial charge in [0.2, 0.25) is 17.7 Å². The number of rotatable bonds is 9. The predicted molar refractivity (Wildman–Crippen MR) is 148 cm³/mol. The van der Waals surface area contributed by atoms with Crippen LogP contribution in [0.15, 0.2) is 48.5 Å². The number of para-hydroxylation sites is 1. The maximum atomic E-state index is 14.2. The van der Waals surface area contributed by atoms with Crippen LogP contribution in [0.4, 0.5) is 5.69 Å². The van der Waals surface area contributed by atoms with E-state index >= 15 is 0 Å². The number of nitrogens with zero attached hydrogens (tertiary/aromatic N) is 1. The molecule has 3 heterocycles. The van der Waals surface area contributed by atoms with Gasteiger partial charge in [-0.25, -0.2) is 0 Å². The van der Waals surface area contributed by atoms with Crippen molar-refractivity contribution in [2.24, 2.45) is 17.8 Å². The molecule has 3 saturated heterocycles. The molecule has 0 radical (unpaired) electrons. The molecule has 3 N–H and O–H groups in total. The first-order chi connectivity index (χ1) is 18.7. The summed E-state index contributed by atoms with van der Waals surface area (Å²) in [5.74, 6) is -2.34. The van der Waals surface area contributed by atoms with Gasteiger partial charge < -0.3 is 25.4 Å². The maximum absolute atomic E-state index is 14.2. The van der Waals surface area contributed by atoms with Gasteiger partial charge in [-0.1, -0.05) is 67.9 Å². The molecule has 2 aromatic carbocycles. The number of hydrogen-bond donors (Lipinski definition) is 3. The Kier molecular flexibility index (Phi) is 7.73. The summed E-state index contributed by atoms with van der Waals surface area (Å²) >= 11 is 6.42. The van der Waals surface area contributed by atoms with Crippen molar-refractivity contribution in [1.82, 2.24) is 10.2 Å². The van der Waals surface area contributed by atoms with Gasteiger partial charge in [0.1, 0.15) is 11.6 Å². The number of fused-ring (bicyclic) bond motifs is 1. The highest BCUT2D eigenvalue weighted by atomic mass is 35.5. The van der Waals surface area contributed by atoms with Crippen molar-refractivity contribution in [2.45, 2.75) is 70.4 Å². The zero-order valence-corrected chi connectivity index (χ0v) is 23.3. The van der Waals surface area contributed by atoms with Crippen LogP contribution in [0, 0.1) is 24.7 Å². The highest BCUT2D eigenvalue weighted by Gasteiger charge is 2.75. The second kappa shape index (κ2) is 10.9. The zero-order valence-electron chi connectivity index (χ0n) is 22.5. The second-order valence-electron chi connectivity index (χ2n) is 11.4. The third-order valence-corrected chi connectivity index (χ3v) is 8.73. The molecule has 208 valence electrons. The molecule has 6 atom stereocenters. The van der Waals surface area contributed by atoms with Crippen LogP contribution in [0.25, 0.3) is 0 Å². The third kappa shape index (κ3) is 4.83. The molecule has 39 heavy (non-hydrogen) atoms. The first-order valence-electron chi connectivity index (χ1n) is 13.7. The third-order valence-electron chi connectivity index (χ3n) is 8.42. The fourth-order valence-corrected chi connectivity index (χ4v) is 7.06. The lowest BCUT2D eigenvalue weighted by Crippen LogP contribution is -2.56. The van der Waals surface area contributed by atoms with Crippen LogP contribution in [-0.2, 0) is 25.7 Å². The van der Waals surface area contributed by atoms with Crippen molar-refractivity contribution in [3.63, 3.8) is 0 Å². The van der Waals surface area contributed by atoms with Gasteiger partial charge in [-0.3, -0.25) is 14.4 Å². The molecule has 2 aromatic rings. The lowest BCUT2D eigenvalue weighted by Gasteiger charge is -2.37. The standard InChI is InChI=1S/C30H36ClN3O5/c1-17(2)14-20(16-35)34-26(28(37)33-25-18(3)8-7-11-21(25)31)30-13-12-22(39-30)23(24(30)29(34)38)27(36)32-15-19-9-5-4-6-10-19/h4-11,17,20,22-24,26,35H,12-16H2,1-3H3,(H,32,36)(H,33,37)/t20-,22+,23-,24+,26?,30?/m1/s1. The number of amides is 3. The van der Waals surface area contributed by atoms with E-state index in [4.69, 9.17) is 16.3 Å². The summed E-state index contributed by atoms with van der Waals surface area (Å²) in [6, 6.07) is 13.3. The number of halogens is 1. The van der Waals surface area contributed by atoms with Crippen molar-refractivity contribution in [1.29, 1.82) is 0 Å². The number of ether oxygens (including phenoxy) is 1. The average Bonchev–Trinajstić information content (AvgIpc) is 3.56. The summed E-state index contributed by atoms with van der Waals surface area (Å²) in [5.41, 5.74) is 1.07. The van der Waals surface area contributed by atoms with Crippen LogP contribution >= 0.6 is 11.6 Å². The minimum absolute atomic E-state index is 0.171. The van der Waals surface area contributed by atoms with Crippen molar-refractivity contribution in [2.75, 3.05) is 11.9 Å². The Morgan fingerprint density at radius 3 is 2.56 bits per heavy atom. The SMILES string of the molecule is Cc1cccc(Cl)c1NC(=O)C1N([C@@H](CO)CC(C)C)C(=O)[C@@H]2[C@H](C(=O)NCc3ccccc3)[C@@H]3CCC12O3. The van der Waals surface area contributed by atoms with Crippen molar-refractivity contribution in [3.8, 4) is 0 Å². The van der Waals surface area contributed by atoms with Gasteiger partial charge in [0, 0.05) is 6.54 Å². The van der Waals surface area contributed by atoms with E-state index in [0.717, 1.165) is 11.1 Å². The van der Waals surface area contributed by atoms with Crippen LogP contribution in [0.5, 0.6) is 0 Å². The van der Waals surface area contributed by atoms with Gasteiger partial charge in [-0.05, 0) is 49.3 Å². The number of benzene rings is 2. The van der Waals surface area contributed by atoms with E-state index in [2.05, 4.69) is 10.6 Å². The minimum Gasteiger partial charge on any atom is -0.394 e. The first-order valence-corrected chi connectivity index (χ1v) is 14.0. The van der Waals surface area contributed by atoms with Gasteiger partial charge >= 0.3 is 0 Å². The number of aliphatic hydroxyl groups excluding tert-OH is 1. The quantitative estimate of drug-likeness (QED) is 0.439. The van der Waals surface area contributed by atoms with Gasteiger partial charge in [0.05, 0.1) is 41.3 Å². The Morgan fingerprint density at radius 2 is 1.90 bits per heavy atom. The fraction of sp³-hybridized carbons (Fsp3) is 0.500. The average molecular weight is 554 g/mol. The van der Waals surface area contributed by atoms with Crippen molar-refractivity contribution in [3.05, 3.63) is 64.7 Å². The monoisotopic (exact) mass is 553 g/mol. The molecule has 0 aliphatic carbocycles. The van der Waals surface area contributed by atoms with Crippen molar-refractivity contribution < 1.29 is 24.2 Å². The molecule has 9 heteroatoms. The van der Waals surface area contributed by atoms with Crippen molar-refractivity contribution >= 4 is 35.0 Å². The van der Waals surface area contributed by atoms with E-state index in [1.807, 2.05) is 57.2 Å². The largest absolute Gasteiger partial charge is 0.394 e. The molecule has 3 aliphatic heterocycles. The number of aliphatic hydroxyl groups is 1. The summed E-state index contributed by atoms with van der Waals surface area (Å²) in [4.78, 5) is 43.3. The Bertz CT molecular complexity index is 1230. The van der Waals surface area contributed by atoms with Gasteiger partial charge in [-0.15, -0.1) is 0 Å². The molecule has 0 aromatic heterocycles. The molecule has 2 unspecified atom stereocenters. The molecule has 3 fully saturated rings. The van der Waals surface area contributed by atoms with E-state index in [9.17, 15) is 19.5 Å². The number of anilines is 1. The Hall–Kier alpha value is -2.94. The number of likely N-dealkylation sites (tertiary alicyclic amines) is 1. The predicted octanol–water partition coefficient (Wildman–Crippen LogP) is 3.68. The molecular weight excluding hydrogens is 518 g/mol. The van der Waals surface area contributed by atoms with Gasteiger partial charge in [0.25, 0.3) is 0 Å². The molecular formula is C30H36ClN3O5. The van der Waals surface area contributed by atoms with Gasteiger partial charge in [0.15, 0.2) is 0 Å². The smallest absolute Gasteiger partial charge is 0.250 e. The summed E-state index contributed by atoms with van der Waals surface area (Å²) in [5, 5.41) is 16.7. The normalized spacial score (nSPS) is 28.1. The van der Waals surface area contributed by atoms with Crippen LogP contribution in [0.1, 0.15) is 44.2 Å². The fourth-order valence-electron chi connectivity index (χ4n) is 6.79. The number of hydrogen-bond acceptors (Lipinski definition) is 5. The summed E-state index contributed by atoms with van der Waals surface area (Å²) in [7, 11) is 0. The Labute approximate surface area is 234 Å². The van der Waals surface area contributed by atoms with E-state index in [0.29, 0.717) is 36.5 Å². The number of carbonyl (C=O) groups is 3. The van der Waals surface area contributed by atoms with E-state index in [1.54, 1.807) is 12.1 Å². The molecule has 3 amide bonds. The number of aryl methyl sites for hydroxylation is 1. The van der Waals surface area contributed by atoms with E-state index in [-0.39, 0.29) is 24.3 Å².